The van der Waals surface area contributed by atoms with Crippen LogP contribution in [0.15, 0.2) is 35.2 Å². The molecule has 1 aliphatic heterocycles. The van der Waals surface area contributed by atoms with E-state index >= 15 is 0 Å². The van der Waals surface area contributed by atoms with Gasteiger partial charge in [-0.05, 0) is 31.2 Å². The molecule has 0 aliphatic carbocycles. The minimum absolute atomic E-state index is 0.211. The SMILES string of the molecule is Cc1cc(N2CCN(C(=O)c3ccc(S(=O)(=O)C(F)F)cc3)CC2)nc(C(C)C)n1. The van der Waals surface area contributed by atoms with Crippen LogP contribution in [0, 0.1) is 6.92 Å². The van der Waals surface area contributed by atoms with E-state index < -0.39 is 20.5 Å². The van der Waals surface area contributed by atoms with Crippen molar-refractivity contribution in [1.29, 1.82) is 0 Å². The number of aryl methyl sites for hydroxylation is 1. The van der Waals surface area contributed by atoms with E-state index in [1.165, 1.54) is 12.1 Å². The fourth-order valence-electron chi connectivity index (χ4n) is 3.21. The van der Waals surface area contributed by atoms with Crippen molar-refractivity contribution in [2.45, 2.75) is 37.3 Å². The highest BCUT2D eigenvalue weighted by atomic mass is 32.2. The molecule has 10 heteroatoms. The molecule has 1 saturated heterocycles. The zero-order valence-electron chi connectivity index (χ0n) is 17.0. The Morgan fingerprint density at radius 1 is 1.03 bits per heavy atom. The molecule has 3 rings (SSSR count). The molecule has 0 atom stereocenters. The molecular formula is C20H24F2N4O3S. The van der Waals surface area contributed by atoms with Gasteiger partial charge in [0.15, 0.2) is 0 Å². The molecule has 1 aliphatic rings. The quantitative estimate of drug-likeness (QED) is 0.714. The zero-order chi connectivity index (χ0) is 22.1. The van der Waals surface area contributed by atoms with E-state index in [9.17, 15) is 22.0 Å². The first-order valence-electron chi connectivity index (χ1n) is 9.61. The van der Waals surface area contributed by atoms with Crippen LogP contribution in [0.5, 0.6) is 0 Å². The van der Waals surface area contributed by atoms with Gasteiger partial charge in [0.1, 0.15) is 11.6 Å². The summed E-state index contributed by atoms with van der Waals surface area (Å²) >= 11 is 0. The molecule has 1 aromatic heterocycles. The summed E-state index contributed by atoms with van der Waals surface area (Å²) in [5.41, 5.74) is 1.15. The Morgan fingerprint density at radius 3 is 2.17 bits per heavy atom. The third-order valence-corrected chi connectivity index (χ3v) is 6.33. The Balaban J connectivity index is 1.67. The van der Waals surface area contributed by atoms with E-state index in [4.69, 9.17) is 0 Å². The Bertz CT molecular complexity index is 1020. The van der Waals surface area contributed by atoms with Gasteiger partial charge in [-0.25, -0.2) is 18.4 Å². The van der Waals surface area contributed by atoms with Crippen LogP contribution >= 0.6 is 0 Å². The monoisotopic (exact) mass is 438 g/mol. The van der Waals surface area contributed by atoms with Crippen molar-refractivity contribution in [1.82, 2.24) is 14.9 Å². The second-order valence-corrected chi connectivity index (χ2v) is 9.41. The molecule has 2 aromatic rings. The number of benzene rings is 1. The highest BCUT2D eigenvalue weighted by molar-refractivity contribution is 7.91. The number of carbonyl (C=O) groups is 1. The second-order valence-electron chi connectivity index (χ2n) is 7.49. The fraction of sp³-hybridized carbons (Fsp3) is 0.450. The van der Waals surface area contributed by atoms with Crippen LogP contribution in [-0.2, 0) is 9.84 Å². The zero-order valence-corrected chi connectivity index (χ0v) is 17.9. The number of nitrogens with zero attached hydrogens (tertiary/aromatic N) is 4. The maximum absolute atomic E-state index is 12.7. The van der Waals surface area contributed by atoms with Gasteiger partial charge in [-0.1, -0.05) is 13.8 Å². The average molecular weight is 439 g/mol. The number of amides is 1. The largest absolute Gasteiger partial charge is 0.353 e. The third kappa shape index (κ3) is 4.58. The molecule has 0 N–H and O–H groups in total. The molecule has 7 nitrogen and oxygen atoms in total. The Kier molecular flexibility index (Phi) is 6.35. The summed E-state index contributed by atoms with van der Waals surface area (Å²) in [5.74, 6) is -1.93. The molecule has 1 amide bonds. The highest BCUT2D eigenvalue weighted by Crippen LogP contribution is 2.21. The lowest BCUT2D eigenvalue weighted by atomic mass is 10.1. The van der Waals surface area contributed by atoms with Gasteiger partial charge in [0.05, 0.1) is 4.90 Å². The normalized spacial score (nSPS) is 15.2. The van der Waals surface area contributed by atoms with Crippen LogP contribution in [-0.4, -0.2) is 61.1 Å². The predicted molar refractivity (Wildman–Crippen MR) is 109 cm³/mol. The number of piperazine rings is 1. The predicted octanol–water partition coefficient (Wildman–Crippen LogP) is 2.87. The van der Waals surface area contributed by atoms with E-state index in [2.05, 4.69) is 14.9 Å². The summed E-state index contributed by atoms with van der Waals surface area (Å²) in [6.07, 6.45) is 0. The fourth-order valence-corrected chi connectivity index (χ4v) is 3.93. The van der Waals surface area contributed by atoms with Crippen molar-refractivity contribution >= 4 is 21.6 Å². The molecule has 2 heterocycles. The molecule has 162 valence electrons. The van der Waals surface area contributed by atoms with Gasteiger partial charge in [-0.15, -0.1) is 0 Å². The Labute approximate surface area is 174 Å². The average Bonchev–Trinajstić information content (AvgIpc) is 2.73. The number of anilines is 1. The number of hydrogen-bond acceptors (Lipinski definition) is 6. The van der Waals surface area contributed by atoms with Crippen LogP contribution in [0.3, 0.4) is 0 Å². The number of halogens is 2. The summed E-state index contributed by atoms with van der Waals surface area (Å²) < 4.78 is 48.3. The summed E-state index contributed by atoms with van der Waals surface area (Å²) in [4.78, 5) is 25.1. The van der Waals surface area contributed by atoms with Gasteiger partial charge in [0.2, 0.25) is 9.84 Å². The van der Waals surface area contributed by atoms with E-state index in [0.29, 0.717) is 26.2 Å². The smallest absolute Gasteiger partial charge is 0.341 e. The van der Waals surface area contributed by atoms with Crippen molar-refractivity contribution in [3.63, 3.8) is 0 Å². The summed E-state index contributed by atoms with van der Waals surface area (Å²) in [7, 11) is -4.67. The topological polar surface area (TPSA) is 83.5 Å². The number of sulfone groups is 1. The third-order valence-electron chi connectivity index (χ3n) is 4.93. The molecule has 0 radical (unpaired) electrons. The molecule has 0 spiro atoms. The lowest BCUT2D eigenvalue weighted by Crippen LogP contribution is -2.49. The number of aromatic nitrogens is 2. The van der Waals surface area contributed by atoms with Gasteiger partial charge in [0.25, 0.3) is 5.91 Å². The van der Waals surface area contributed by atoms with Gasteiger partial charge >= 0.3 is 5.76 Å². The molecule has 0 saturated carbocycles. The van der Waals surface area contributed by atoms with Crippen LogP contribution in [0.25, 0.3) is 0 Å². The number of rotatable bonds is 5. The lowest BCUT2D eigenvalue weighted by molar-refractivity contribution is 0.0746. The van der Waals surface area contributed by atoms with Crippen molar-refractivity contribution in [2.75, 3.05) is 31.1 Å². The van der Waals surface area contributed by atoms with Gasteiger partial charge in [-0.2, -0.15) is 8.78 Å². The van der Waals surface area contributed by atoms with Crippen LogP contribution in [0.4, 0.5) is 14.6 Å². The number of alkyl halides is 2. The first-order valence-corrected chi connectivity index (χ1v) is 11.2. The number of carbonyl (C=O) groups excluding carboxylic acids is 1. The van der Waals surface area contributed by atoms with E-state index in [1.54, 1.807) is 4.90 Å². The minimum Gasteiger partial charge on any atom is -0.353 e. The van der Waals surface area contributed by atoms with Crippen molar-refractivity contribution in [3.8, 4) is 0 Å². The Hall–Kier alpha value is -2.62. The number of hydrogen-bond donors (Lipinski definition) is 0. The maximum Gasteiger partial charge on any atom is 0.341 e. The highest BCUT2D eigenvalue weighted by Gasteiger charge is 2.28. The second kappa shape index (κ2) is 8.63. The van der Waals surface area contributed by atoms with E-state index in [-0.39, 0.29) is 17.4 Å². The van der Waals surface area contributed by atoms with Crippen LogP contribution in [0.2, 0.25) is 0 Å². The first kappa shape index (κ1) is 22.1. The van der Waals surface area contributed by atoms with Gasteiger partial charge in [-0.3, -0.25) is 4.79 Å². The van der Waals surface area contributed by atoms with E-state index in [1.807, 2.05) is 26.8 Å². The van der Waals surface area contributed by atoms with Gasteiger partial charge in [0, 0.05) is 49.4 Å². The Morgan fingerprint density at radius 2 is 1.63 bits per heavy atom. The first-order chi connectivity index (χ1) is 14.1. The van der Waals surface area contributed by atoms with Crippen molar-refractivity contribution in [2.24, 2.45) is 0 Å². The minimum atomic E-state index is -4.67. The molecule has 0 unspecified atom stereocenters. The van der Waals surface area contributed by atoms with Crippen LogP contribution in [0.1, 0.15) is 41.6 Å². The van der Waals surface area contributed by atoms with Crippen LogP contribution < -0.4 is 4.90 Å². The van der Waals surface area contributed by atoms with Gasteiger partial charge < -0.3 is 9.80 Å². The molecule has 30 heavy (non-hydrogen) atoms. The molecule has 0 bridgehead atoms. The van der Waals surface area contributed by atoms with Crippen molar-refractivity contribution in [3.05, 3.63) is 47.4 Å². The molecule has 1 fully saturated rings. The maximum atomic E-state index is 12.7. The molecular weight excluding hydrogens is 414 g/mol. The lowest BCUT2D eigenvalue weighted by Gasteiger charge is -2.35. The van der Waals surface area contributed by atoms with E-state index in [0.717, 1.165) is 29.5 Å². The molecule has 1 aromatic carbocycles. The standard InChI is InChI=1S/C20H24F2N4O3S/c1-13(2)18-23-14(3)12-17(24-18)25-8-10-26(11-9-25)19(27)15-4-6-16(7-5-15)30(28,29)20(21)22/h4-7,12-13,20H,8-11H2,1-3H3. The summed E-state index contributed by atoms with van der Waals surface area (Å²) in [5, 5.41) is 0. The van der Waals surface area contributed by atoms with Crippen molar-refractivity contribution < 1.29 is 22.0 Å². The summed E-state index contributed by atoms with van der Waals surface area (Å²) in [6.45, 7) is 8.12. The summed E-state index contributed by atoms with van der Waals surface area (Å²) in [6, 6.07) is 6.55.